The first-order chi connectivity index (χ1) is 23.7. The van der Waals surface area contributed by atoms with E-state index in [0.29, 0.717) is 165 Å². The fourth-order valence-corrected chi connectivity index (χ4v) is 3.22. The summed E-state index contributed by atoms with van der Waals surface area (Å²) in [5.74, 6) is -0.981. The zero-order chi connectivity index (χ0) is 34.9. The van der Waals surface area contributed by atoms with E-state index in [9.17, 15) is 9.59 Å². The van der Waals surface area contributed by atoms with Crippen LogP contribution in [0.3, 0.4) is 0 Å². The standard InChI is InChI=1S/C31H61NO16/c1-36-8-9-40-16-17-44-24-25-48-29-27-45-21-18-41-13-10-37-5-2-30(33)32-4-7-39-12-15-43-20-23-47-28-26-46-22-19-42-14-11-38-6-3-31(34)35/h2-29H2,1H3,(H,32,33)(H,34,35). The van der Waals surface area contributed by atoms with E-state index in [1.165, 1.54) is 0 Å². The molecule has 0 aromatic rings. The first kappa shape index (κ1) is 46.4. The van der Waals surface area contributed by atoms with Crippen LogP contribution in [0.5, 0.6) is 0 Å². The lowest BCUT2D eigenvalue weighted by atomic mass is 10.4. The van der Waals surface area contributed by atoms with Crippen LogP contribution in [0.25, 0.3) is 0 Å². The molecule has 0 fully saturated rings. The zero-order valence-electron chi connectivity index (χ0n) is 28.9. The Morgan fingerprint density at radius 1 is 0.375 bits per heavy atom. The average Bonchev–Trinajstić information content (AvgIpc) is 3.08. The number of methoxy groups -OCH3 is 1. The fraction of sp³-hybridized carbons (Fsp3) is 0.935. The number of carboxylic acid groups (broad SMARTS) is 1. The second-order valence-electron chi connectivity index (χ2n) is 9.58. The normalized spacial score (nSPS) is 11.4. The van der Waals surface area contributed by atoms with Gasteiger partial charge in [-0.05, 0) is 0 Å². The highest BCUT2D eigenvalue weighted by molar-refractivity contribution is 5.75. The maximum absolute atomic E-state index is 11.9. The molecule has 0 aliphatic heterocycles. The Bertz CT molecular complexity index is 664. The van der Waals surface area contributed by atoms with Crippen molar-refractivity contribution in [2.75, 3.05) is 179 Å². The van der Waals surface area contributed by atoms with Crippen LogP contribution in [0, 0.1) is 0 Å². The molecule has 17 nitrogen and oxygen atoms in total. The van der Waals surface area contributed by atoms with Gasteiger partial charge < -0.3 is 72.0 Å². The average molecular weight is 704 g/mol. The topological polar surface area (TPSA) is 186 Å². The lowest BCUT2D eigenvalue weighted by Gasteiger charge is -2.09. The first-order valence-corrected chi connectivity index (χ1v) is 16.6. The molecule has 0 aromatic heterocycles. The summed E-state index contributed by atoms with van der Waals surface area (Å²) in [5.41, 5.74) is 0. The van der Waals surface area contributed by atoms with Crippen molar-refractivity contribution >= 4 is 11.9 Å². The molecule has 0 unspecified atom stereocenters. The van der Waals surface area contributed by atoms with Crippen LogP contribution in [-0.2, 0) is 71.2 Å². The molecule has 286 valence electrons. The molecule has 0 aliphatic carbocycles. The second kappa shape index (κ2) is 41.6. The van der Waals surface area contributed by atoms with Crippen molar-refractivity contribution in [2.45, 2.75) is 12.8 Å². The fourth-order valence-electron chi connectivity index (χ4n) is 3.22. The molecule has 0 atom stereocenters. The maximum Gasteiger partial charge on any atom is 0.305 e. The minimum atomic E-state index is -0.882. The highest BCUT2D eigenvalue weighted by atomic mass is 16.6. The highest BCUT2D eigenvalue weighted by Crippen LogP contribution is 1.89. The van der Waals surface area contributed by atoms with Gasteiger partial charge in [0.05, 0.1) is 172 Å². The van der Waals surface area contributed by atoms with E-state index in [2.05, 4.69) is 5.32 Å². The van der Waals surface area contributed by atoms with Gasteiger partial charge in [0.2, 0.25) is 5.91 Å². The van der Waals surface area contributed by atoms with Crippen LogP contribution in [-0.4, -0.2) is 196 Å². The highest BCUT2D eigenvalue weighted by Gasteiger charge is 2.01. The van der Waals surface area contributed by atoms with E-state index in [1.807, 2.05) is 0 Å². The molecule has 0 bridgehead atoms. The summed E-state index contributed by atoms with van der Waals surface area (Å²) in [7, 11) is 1.64. The molecule has 17 heteroatoms. The van der Waals surface area contributed by atoms with Gasteiger partial charge in [0.25, 0.3) is 0 Å². The molecule has 2 N–H and O–H groups in total. The molecule has 0 aromatic carbocycles. The number of carbonyl (C=O) groups excluding carboxylic acids is 1. The second-order valence-corrected chi connectivity index (χ2v) is 9.58. The number of ether oxygens (including phenoxy) is 13. The van der Waals surface area contributed by atoms with Gasteiger partial charge in [-0.3, -0.25) is 9.59 Å². The summed E-state index contributed by atoms with van der Waals surface area (Å²) in [5, 5.41) is 11.3. The van der Waals surface area contributed by atoms with Crippen molar-refractivity contribution in [3.8, 4) is 0 Å². The molecule has 0 aliphatic rings. The Hall–Kier alpha value is -1.58. The molecular formula is C31H61NO16. The Morgan fingerprint density at radius 2 is 0.625 bits per heavy atom. The number of hydrogen-bond donors (Lipinski definition) is 2. The molecule has 48 heavy (non-hydrogen) atoms. The van der Waals surface area contributed by atoms with Crippen molar-refractivity contribution in [3.05, 3.63) is 0 Å². The van der Waals surface area contributed by atoms with Crippen molar-refractivity contribution in [1.29, 1.82) is 0 Å². The number of carbonyl (C=O) groups is 2. The van der Waals surface area contributed by atoms with Crippen molar-refractivity contribution in [2.24, 2.45) is 0 Å². The molecule has 0 rings (SSSR count). The molecule has 0 spiro atoms. The van der Waals surface area contributed by atoms with Gasteiger partial charge >= 0.3 is 5.97 Å². The number of nitrogens with one attached hydrogen (secondary N) is 1. The van der Waals surface area contributed by atoms with Gasteiger partial charge in [0, 0.05) is 20.1 Å². The van der Waals surface area contributed by atoms with Crippen molar-refractivity contribution in [3.63, 3.8) is 0 Å². The van der Waals surface area contributed by atoms with Gasteiger partial charge in [-0.1, -0.05) is 0 Å². The molecule has 0 radical (unpaired) electrons. The van der Waals surface area contributed by atoms with Crippen LogP contribution >= 0.6 is 0 Å². The van der Waals surface area contributed by atoms with Gasteiger partial charge in [0.15, 0.2) is 0 Å². The minimum Gasteiger partial charge on any atom is -0.481 e. The maximum atomic E-state index is 11.9. The van der Waals surface area contributed by atoms with E-state index in [-0.39, 0.29) is 25.4 Å². The van der Waals surface area contributed by atoms with E-state index in [1.54, 1.807) is 7.11 Å². The van der Waals surface area contributed by atoms with Gasteiger partial charge in [0.1, 0.15) is 0 Å². The van der Waals surface area contributed by atoms with E-state index in [0.717, 1.165) is 0 Å². The van der Waals surface area contributed by atoms with Crippen LogP contribution in [0.2, 0.25) is 0 Å². The quantitative estimate of drug-likeness (QED) is 0.0797. The van der Waals surface area contributed by atoms with Crippen molar-refractivity contribution in [1.82, 2.24) is 5.32 Å². The van der Waals surface area contributed by atoms with Crippen LogP contribution in [0.4, 0.5) is 0 Å². The minimum absolute atomic E-state index is 0.0108. The number of amides is 1. The Labute approximate surface area is 285 Å². The third kappa shape index (κ3) is 42.4. The molecule has 1 amide bonds. The number of hydrogen-bond acceptors (Lipinski definition) is 15. The number of carboxylic acids is 1. The summed E-state index contributed by atoms with van der Waals surface area (Å²) >= 11 is 0. The summed E-state index contributed by atoms with van der Waals surface area (Å²) in [4.78, 5) is 22.2. The summed E-state index contributed by atoms with van der Waals surface area (Å²) < 4.78 is 69.4. The Balaban J connectivity index is 3.15. The monoisotopic (exact) mass is 703 g/mol. The molecule has 0 saturated heterocycles. The molecule has 0 heterocycles. The predicted octanol–water partition coefficient (Wildman–Crippen LogP) is -0.187. The summed E-state index contributed by atoms with van der Waals surface area (Å²) in [6.07, 6.45) is 0.258. The van der Waals surface area contributed by atoms with Gasteiger partial charge in [-0.2, -0.15) is 0 Å². The van der Waals surface area contributed by atoms with Crippen LogP contribution in [0.1, 0.15) is 12.8 Å². The lowest BCUT2D eigenvalue weighted by molar-refractivity contribution is -0.138. The first-order valence-electron chi connectivity index (χ1n) is 16.6. The SMILES string of the molecule is COCCOCCOCCOCCOCCOCCOCCC(=O)NCCOCCOCCOCCOCCOCCOCCC(=O)O. The van der Waals surface area contributed by atoms with Crippen LogP contribution < -0.4 is 5.32 Å². The van der Waals surface area contributed by atoms with E-state index in [4.69, 9.17) is 66.7 Å². The smallest absolute Gasteiger partial charge is 0.305 e. The molecular weight excluding hydrogens is 642 g/mol. The third-order valence-corrected chi connectivity index (χ3v) is 5.65. The van der Waals surface area contributed by atoms with Gasteiger partial charge in [-0.15, -0.1) is 0 Å². The van der Waals surface area contributed by atoms with Gasteiger partial charge in [-0.25, -0.2) is 0 Å². The number of aliphatic carboxylic acids is 1. The molecule has 0 saturated carbocycles. The largest absolute Gasteiger partial charge is 0.481 e. The van der Waals surface area contributed by atoms with Crippen LogP contribution in [0.15, 0.2) is 0 Å². The lowest BCUT2D eigenvalue weighted by Crippen LogP contribution is -2.28. The Morgan fingerprint density at radius 3 is 0.917 bits per heavy atom. The summed E-state index contributed by atoms with van der Waals surface area (Å²) in [6.45, 7) is 11.6. The van der Waals surface area contributed by atoms with E-state index < -0.39 is 5.97 Å². The number of rotatable bonds is 42. The van der Waals surface area contributed by atoms with E-state index >= 15 is 0 Å². The Kier molecular flexibility index (Phi) is 40.2. The van der Waals surface area contributed by atoms with Crippen molar-refractivity contribution < 1.29 is 76.3 Å². The third-order valence-electron chi connectivity index (χ3n) is 5.65. The predicted molar refractivity (Wildman–Crippen MR) is 172 cm³/mol. The zero-order valence-corrected chi connectivity index (χ0v) is 28.9. The summed E-state index contributed by atoms with van der Waals surface area (Å²) in [6, 6.07) is 0.